The second kappa shape index (κ2) is 5.68. The summed E-state index contributed by atoms with van der Waals surface area (Å²) >= 11 is 5.89. The van der Waals surface area contributed by atoms with Crippen LogP contribution in [0.15, 0.2) is 36.4 Å². The Morgan fingerprint density at radius 3 is 2.45 bits per heavy atom. The number of benzene rings is 1. The normalized spacial score (nSPS) is 11.4. The van der Waals surface area contributed by atoms with Crippen molar-refractivity contribution in [2.24, 2.45) is 5.73 Å². The van der Waals surface area contributed by atoms with Crippen molar-refractivity contribution in [1.82, 2.24) is 4.98 Å². The Kier molecular flexibility index (Phi) is 4.15. The predicted molar refractivity (Wildman–Crippen MR) is 68.7 cm³/mol. The number of nitrogens with zero attached hydrogens (tertiary/aromatic N) is 1. The van der Waals surface area contributed by atoms with Crippen LogP contribution in [0.25, 0.3) is 0 Å². The van der Waals surface area contributed by atoms with Crippen molar-refractivity contribution in [3.63, 3.8) is 0 Å². The topological polar surface area (TPSA) is 48.1 Å². The molecule has 1 aromatic heterocycles. The van der Waals surface area contributed by atoms with E-state index in [-0.39, 0.29) is 23.2 Å². The lowest BCUT2D eigenvalue weighted by Crippen LogP contribution is -2.10. The minimum atomic E-state index is -4.55. The van der Waals surface area contributed by atoms with Crippen LogP contribution in [0.5, 0.6) is 11.6 Å². The molecule has 0 saturated carbocycles. The summed E-state index contributed by atoms with van der Waals surface area (Å²) in [7, 11) is 0. The number of halogens is 4. The summed E-state index contributed by atoms with van der Waals surface area (Å²) in [6, 6.07) is 8.52. The van der Waals surface area contributed by atoms with Gasteiger partial charge >= 0.3 is 6.18 Å². The van der Waals surface area contributed by atoms with Crippen LogP contribution in [-0.2, 0) is 12.7 Å². The summed E-state index contributed by atoms with van der Waals surface area (Å²) < 4.78 is 43.3. The van der Waals surface area contributed by atoms with Crippen LogP contribution < -0.4 is 10.5 Å². The van der Waals surface area contributed by atoms with Gasteiger partial charge in [-0.3, -0.25) is 0 Å². The average molecular weight is 303 g/mol. The predicted octanol–water partition coefficient (Wildman–Crippen LogP) is 4.00. The quantitative estimate of drug-likeness (QED) is 0.932. The fraction of sp³-hybridized carbons (Fsp3) is 0.154. The van der Waals surface area contributed by atoms with E-state index in [2.05, 4.69) is 4.98 Å². The van der Waals surface area contributed by atoms with E-state index in [1.165, 1.54) is 12.1 Å². The summed E-state index contributed by atoms with van der Waals surface area (Å²) in [5.41, 5.74) is 4.78. The molecule has 0 amide bonds. The first-order chi connectivity index (χ1) is 9.41. The zero-order valence-corrected chi connectivity index (χ0v) is 10.9. The van der Waals surface area contributed by atoms with Gasteiger partial charge in [0, 0.05) is 12.1 Å². The highest BCUT2D eigenvalue weighted by Gasteiger charge is 2.33. The van der Waals surface area contributed by atoms with Gasteiger partial charge in [-0.05, 0) is 18.2 Å². The third kappa shape index (κ3) is 3.20. The van der Waals surface area contributed by atoms with Crippen LogP contribution in [0, 0.1) is 0 Å². The first-order valence-corrected chi connectivity index (χ1v) is 5.99. The molecule has 0 aliphatic heterocycles. The van der Waals surface area contributed by atoms with Crippen molar-refractivity contribution in [3.8, 4) is 11.6 Å². The maximum Gasteiger partial charge on any atom is 0.433 e. The molecule has 3 nitrogen and oxygen atoms in total. The van der Waals surface area contributed by atoms with Crippen molar-refractivity contribution in [2.75, 3.05) is 0 Å². The van der Waals surface area contributed by atoms with Crippen LogP contribution in [0.4, 0.5) is 13.2 Å². The van der Waals surface area contributed by atoms with Gasteiger partial charge in [-0.1, -0.05) is 29.8 Å². The number of aromatic nitrogens is 1. The average Bonchev–Trinajstić information content (AvgIpc) is 2.40. The molecule has 0 aliphatic carbocycles. The molecular weight excluding hydrogens is 293 g/mol. The molecule has 7 heteroatoms. The van der Waals surface area contributed by atoms with Gasteiger partial charge in [0.25, 0.3) is 0 Å². The second-order valence-electron chi connectivity index (χ2n) is 3.90. The van der Waals surface area contributed by atoms with Crippen LogP contribution in [0.3, 0.4) is 0 Å². The molecule has 0 radical (unpaired) electrons. The van der Waals surface area contributed by atoms with E-state index in [9.17, 15) is 13.2 Å². The molecule has 2 N–H and O–H groups in total. The van der Waals surface area contributed by atoms with Gasteiger partial charge < -0.3 is 10.5 Å². The van der Waals surface area contributed by atoms with Crippen LogP contribution in [0.1, 0.15) is 11.3 Å². The minimum Gasteiger partial charge on any atom is -0.437 e. The third-order valence-electron chi connectivity index (χ3n) is 2.49. The van der Waals surface area contributed by atoms with Crippen LogP contribution in [0.2, 0.25) is 5.02 Å². The van der Waals surface area contributed by atoms with E-state index < -0.39 is 11.9 Å². The van der Waals surface area contributed by atoms with Gasteiger partial charge in [-0.2, -0.15) is 13.2 Å². The molecule has 0 atom stereocenters. The highest BCUT2D eigenvalue weighted by molar-refractivity contribution is 6.32. The Morgan fingerprint density at radius 2 is 1.85 bits per heavy atom. The van der Waals surface area contributed by atoms with Gasteiger partial charge in [0.2, 0.25) is 5.88 Å². The number of nitrogens with two attached hydrogens (primary N) is 1. The smallest absolute Gasteiger partial charge is 0.433 e. The molecule has 2 aromatic rings. The monoisotopic (exact) mass is 302 g/mol. The molecule has 20 heavy (non-hydrogen) atoms. The Labute approximate surface area is 118 Å². The van der Waals surface area contributed by atoms with E-state index in [0.29, 0.717) is 5.56 Å². The Balaban J connectivity index is 2.42. The van der Waals surface area contributed by atoms with Gasteiger partial charge in [-0.15, -0.1) is 0 Å². The molecule has 106 valence electrons. The van der Waals surface area contributed by atoms with Gasteiger partial charge in [0.05, 0.1) is 5.02 Å². The molecule has 0 unspecified atom stereocenters. The molecular formula is C13H10ClF3N2O. The minimum absolute atomic E-state index is 0.00488. The van der Waals surface area contributed by atoms with Crippen LogP contribution in [-0.4, -0.2) is 4.98 Å². The summed E-state index contributed by atoms with van der Waals surface area (Å²) in [6.07, 6.45) is -4.55. The van der Waals surface area contributed by atoms with Crippen molar-refractivity contribution in [2.45, 2.75) is 12.7 Å². The van der Waals surface area contributed by atoms with E-state index in [1.807, 2.05) is 0 Å². The van der Waals surface area contributed by atoms with Gasteiger partial charge in [-0.25, -0.2) is 4.98 Å². The summed E-state index contributed by atoms with van der Waals surface area (Å²) in [5.74, 6) is 0.0196. The maximum atomic E-state index is 12.6. The van der Waals surface area contributed by atoms with Crippen molar-refractivity contribution in [3.05, 3.63) is 52.7 Å². The zero-order valence-electron chi connectivity index (χ0n) is 10.1. The lowest BCUT2D eigenvalue weighted by Gasteiger charge is -2.13. The molecule has 0 fully saturated rings. The van der Waals surface area contributed by atoms with Crippen molar-refractivity contribution >= 4 is 11.6 Å². The lowest BCUT2D eigenvalue weighted by atomic mass is 10.2. The first kappa shape index (κ1) is 14.6. The number of pyridine rings is 1. The summed E-state index contributed by atoms with van der Waals surface area (Å²) in [4.78, 5) is 3.47. The SMILES string of the molecule is NCc1ccc(C(F)(F)F)nc1Oc1ccccc1Cl. The Hall–Kier alpha value is -1.79. The van der Waals surface area contributed by atoms with Gasteiger partial charge in [0.15, 0.2) is 0 Å². The molecule has 2 rings (SSSR count). The largest absolute Gasteiger partial charge is 0.437 e. The Morgan fingerprint density at radius 1 is 1.15 bits per heavy atom. The number of para-hydroxylation sites is 1. The number of ether oxygens (including phenoxy) is 1. The van der Waals surface area contributed by atoms with Gasteiger partial charge in [0.1, 0.15) is 11.4 Å². The maximum absolute atomic E-state index is 12.6. The summed E-state index contributed by atoms with van der Waals surface area (Å²) in [5, 5.41) is 0.273. The number of hydrogen-bond acceptors (Lipinski definition) is 3. The molecule has 1 aromatic carbocycles. The molecule has 0 spiro atoms. The number of hydrogen-bond donors (Lipinski definition) is 1. The van der Waals surface area contributed by atoms with Crippen molar-refractivity contribution < 1.29 is 17.9 Å². The molecule has 0 bridgehead atoms. The lowest BCUT2D eigenvalue weighted by molar-refractivity contribution is -0.141. The van der Waals surface area contributed by atoms with E-state index in [0.717, 1.165) is 6.07 Å². The third-order valence-corrected chi connectivity index (χ3v) is 2.80. The highest BCUT2D eigenvalue weighted by atomic mass is 35.5. The highest BCUT2D eigenvalue weighted by Crippen LogP contribution is 2.33. The van der Waals surface area contributed by atoms with Crippen LogP contribution >= 0.6 is 11.6 Å². The zero-order chi connectivity index (χ0) is 14.8. The standard InChI is InChI=1S/C13H10ClF3N2O/c14-9-3-1-2-4-10(9)20-12-8(7-18)5-6-11(19-12)13(15,16)17/h1-6H,7,18H2. The van der Waals surface area contributed by atoms with E-state index in [1.54, 1.807) is 18.2 Å². The van der Waals surface area contributed by atoms with Crippen molar-refractivity contribution in [1.29, 1.82) is 0 Å². The van der Waals surface area contributed by atoms with E-state index >= 15 is 0 Å². The van der Waals surface area contributed by atoms with E-state index in [4.69, 9.17) is 22.1 Å². The molecule has 0 saturated heterocycles. The summed E-state index contributed by atoms with van der Waals surface area (Å²) in [6.45, 7) is 0.00488. The second-order valence-corrected chi connectivity index (χ2v) is 4.30. The molecule has 0 aliphatic rings. The number of alkyl halides is 3. The Bertz CT molecular complexity index is 617. The fourth-order valence-electron chi connectivity index (χ4n) is 1.50. The fourth-order valence-corrected chi connectivity index (χ4v) is 1.68. The number of rotatable bonds is 3. The molecule has 1 heterocycles. The first-order valence-electron chi connectivity index (χ1n) is 5.61.